The summed E-state index contributed by atoms with van der Waals surface area (Å²) < 4.78 is 18.4. The van der Waals surface area contributed by atoms with Gasteiger partial charge >= 0.3 is 0 Å². The molecule has 8 heteroatoms. The van der Waals surface area contributed by atoms with E-state index in [0.717, 1.165) is 0 Å². The van der Waals surface area contributed by atoms with Gasteiger partial charge < -0.3 is 14.6 Å². The Hall–Kier alpha value is -3.19. The van der Waals surface area contributed by atoms with E-state index in [0.29, 0.717) is 16.5 Å². The van der Waals surface area contributed by atoms with Crippen LogP contribution in [0.15, 0.2) is 51.8 Å². The fraction of sp³-hybridized carbons (Fsp3) is 0. The monoisotopic (exact) mass is 357 g/mol. The third-order valence-electron chi connectivity index (χ3n) is 3.71. The number of fused-ring (bicyclic) bond motifs is 1. The first kappa shape index (κ1) is 15.3. The molecule has 6 nitrogen and oxygen atoms in total. The molecule has 124 valence electrons. The van der Waals surface area contributed by atoms with Gasteiger partial charge in [-0.15, -0.1) is 0 Å². The fourth-order valence-corrected chi connectivity index (χ4v) is 2.68. The van der Waals surface area contributed by atoms with Crippen molar-refractivity contribution in [1.29, 1.82) is 0 Å². The highest BCUT2D eigenvalue weighted by atomic mass is 35.5. The number of aromatic amines is 1. The largest absolute Gasteiger partial charge is 0.506 e. The summed E-state index contributed by atoms with van der Waals surface area (Å²) in [7, 11) is 0. The molecule has 0 saturated heterocycles. The normalized spacial score (nSPS) is 11.1. The molecule has 0 amide bonds. The molecular formula is C17H9ClFN3O3. The average Bonchev–Trinajstić information content (AvgIpc) is 3.07. The Morgan fingerprint density at radius 2 is 2.00 bits per heavy atom. The smallest absolute Gasteiger partial charge is 0.267 e. The maximum atomic E-state index is 13.3. The van der Waals surface area contributed by atoms with Crippen LogP contribution in [0.25, 0.3) is 33.7 Å². The van der Waals surface area contributed by atoms with Gasteiger partial charge in [0.05, 0.1) is 10.5 Å². The van der Waals surface area contributed by atoms with E-state index in [4.69, 9.17) is 16.1 Å². The Labute approximate surface area is 144 Å². The van der Waals surface area contributed by atoms with E-state index < -0.39 is 11.4 Å². The first-order valence-corrected chi connectivity index (χ1v) is 7.56. The summed E-state index contributed by atoms with van der Waals surface area (Å²) in [6.45, 7) is 0. The zero-order chi connectivity index (χ0) is 17.6. The van der Waals surface area contributed by atoms with Crippen molar-refractivity contribution in [2.75, 3.05) is 0 Å². The standard InChI is InChI=1S/C17H9ClFN3O3/c18-10-7-8(5-6-11(10)19)15-21-17(25-22-15)13-14(23)9-3-1-2-4-12(9)20-16(13)24/h1-7H,(H2,20,23,24). The Bertz CT molecular complexity index is 1170. The highest BCUT2D eigenvalue weighted by Crippen LogP contribution is 2.32. The highest BCUT2D eigenvalue weighted by Gasteiger charge is 2.20. The molecule has 0 bridgehead atoms. The number of H-pyrrole nitrogens is 1. The first-order chi connectivity index (χ1) is 12.0. The summed E-state index contributed by atoms with van der Waals surface area (Å²) in [5, 5.41) is 14.5. The van der Waals surface area contributed by atoms with Crippen LogP contribution < -0.4 is 5.56 Å². The summed E-state index contributed by atoms with van der Waals surface area (Å²) >= 11 is 5.75. The van der Waals surface area contributed by atoms with Crippen LogP contribution in [-0.4, -0.2) is 20.2 Å². The molecule has 4 aromatic rings. The van der Waals surface area contributed by atoms with Crippen molar-refractivity contribution in [2.45, 2.75) is 0 Å². The number of pyridine rings is 1. The number of aromatic nitrogens is 3. The van der Waals surface area contributed by atoms with Crippen molar-refractivity contribution in [3.8, 4) is 28.6 Å². The minimum absolute atomic E-state index is 0.0877. The molecule has 2 aromatic carbocycles. The number of benzene rings is 2. The van der Waals surface area contributed by atoms with Gasteiger partial charge in [0.2, 0.25) is 5.82 Å². The molecule has 25 heavy (non-hydrogen) atoms. The number of nitrogens with one attached hydrogen (secondary N) is 1. The van der Waals surface area contributed by atoms with Crippen LogP contribution in [0.1, 0.15) is 0 Å². The van der Waals surface area contributed by atoms with E-state index in [-0.39, 0.29) is 28.1 Å². The molecule has 2 aromatic heterocycles. The summed E-state index contributed by atoms with van der Waals surface area (Å²) in [4.78, 5) is 19.0. The van der Waals surface area contributed by atoms with Crippen molar-refractivity contribution in [3.05, 3.63) is 63.7 Å². The van der Waals surface area contributed by atoms with Gasteiger partial charge in [0.15, 0.2) is 0 Å². The zero-order valence-electron chi connectivity index (χ0n) is 12.5. The number of rotatable bonds is 2. The lowest BCUT2D eigenvalue weighted by atomic mass is 10.1. The predicted octanol–water partition coefficient (Wildman–Crippen LogP) is 3.74. The molecule has 0 unspecified atom stereocenters. The van der Waals surface area contributed by atoms with Gasteiger partial charge in [0, 0.05) is 10.9 Å². The molecule has 0 aliphatic heterocycles. The van der Waals surface area contributed by atoms with E-state index in [1.165, 1.54) is 18.2 Å². The number of aromatic hydroxyl groups is 1. The molecule has 0 atom stereocenters. The number of para-hydroxylation sites is 1. The lowest BCUT2D eigenvalue weighted by Gasteiger charge is -2.03. The first-order valence-electron chi connectivity index (χ1n) is 7.18. The van der Waals surface area contributed by atoms with Crippen molar-refractivity contribution in [2.24, 2.45) is 0 Å². The highest BCUT2D eigenvalue weighted by molar-refractivity contribution is 6.31. The van der Waals surface area contributed by atoms with Gasteiger partial charge in [-0.25, -0.2) is 4.39 Å². The molecule has 0 radical (unpaired) electrons. The lowest BCUT2D eigenvalue weighted by molar-refractivity contribution is 0.426. The summed E-state index contributed by atoms with van der Waals surface area (Å²) in [5.41, 5.74) is 0.200. The van der Waals surface area contributed by atoms with Gasteiger partial charge in [-0.3, -0.25) is 4.79 Å². The molecule has 0 saturated carbocycles. The number of hydrogen-bond donors (Lipinski definition) is 2. The molecule has 2 heterocycles. The fourth-order valence-electron chi connectivity index (χ4n) is 2.50. The third kappa shape index (κ3) is 2.54. The lowest BCUT2D eigenvalue weighted by Crippen LogP contribution is -2.09. The van der Waals surface area contributed by atoms with Gasteiger partial charge in [-0.2, -0.15) is 4.98 Å². The van der Waals surface area contributed by atoms with E-state index in [1.807, 2.05) is 0 Å². The number of hydrogen-bond acceptors (Lipinski definition) is 5. The summed E-state index contributed by atoms with van der Waals surface area (Å²) in [6.07, 6.45) is 0. The molecule has 0 spiro atoms. The molecule has 0 aliphatic carbocycles. The van der Waals surface area contributed by atoms with Crippen LogP contribution in [0, 0.1) is 5.82 Å². The predicted molar refractivity (Wildman–Crippen MR) is 89.9 cm³/mol. The molecular weight excluding hydrogens is 349 g/mol. The number of nitrogens with zero attached hydrogens (tertiary/aromatic N) is 2. The maximum Gasteiger partial charge on any atom is 0.267 e. The van der Waals surface area contributed by atoms with Gasteiger partial charge in [-0.05, 0) is 30.3 Å². The minimum Gasteiger partial charge on any atom is -0.506 e. The molecule has 0 fully saturated rings. The molecule has 4 rings (SSSR count). The van der Waals surface area contributed by atoms with Gasteiger partial charge in [0.1, 0.15) is 17.1 Å². The SMILES string of the molecule is O=c1[nH]c2ccccc2c(O)c1-c1nc(-c2ccc(F)c(Cl)c2)no1. The second-order valence-electron chi connectivity index (χ2n) is 5.28. The van der Waals surface area contributed by atoms with E-state index >= 15 is 0 Å². The van der Waals surface area contributed by atoms with E-state index in [2.05, 4.69) is 15.1 Å². The van der Waals surface area contributed by atoms with Crippen LogP contribution >= 0.6 is 11.6 Å². The maximum absolute atomic E-state index is 13.3. The van der Waals surface area contributed by atoms with E-state index in [1.54, 1.807) is 24.3 Å². The third-order valence-corrected chi connectivity index (χ3v) is 4.00. The van der Waals surface area contributed by atoms with Gasteiger partial charge in [-0.1, -0.05) is 28.9 Å². The number of halogens is 2. The Balaban J connectivity index is 1.87. The minimum atomic E-state index is -0.572. The Morgan fingerprint density at radius 1 is 1.20 bits per heavy atom. The summed E-state index contributed by atoms with van der Waals surface area (Å²) in [5.74, 6) is -0.867. The van der Waals surface area contributed by atoms with Crippen molar-refractivity contribution >= 4 is 22.5 Å². The van der Waals surface area contributed by atoms with Crippen LogP contribution in [0.2, 0.25) is 5.02 Å². The van der Waals surface area contributed by atoms with Crippen LogP contribution in [0.5, 0.6) is 5.75 Å². The van der Waals surface area contributed by atoms with Crippen molar-refractivity contribution < 1.29 is 14.0 Å². The topological polar surface area (TPSA) is 92.0 Å². The van der Waals surface area contributed by atoms with Crippen LogP contribution in [0.4, 0.5) is 4.39 Å². The van der Waals surface area contributed by atoms with Crippen LogP contribution in [-0.2, 0) is 0 Å². The zero-order valence-corrected chi connectivity index (χ0v) is 13.2. The summed E-state index contributed by atoms with van der Waals surface area (Å²) in [6, 6.07) is 10.7. The Kier molecular flexibility index (Phi) is 3.51. The van der Waals surface area contributed by atoms with Crippen molar-refractivity contribution in [3.63, 3.8) is 0 Å². The molecule has 0 aliphatic rings. The van der Waals surface area contributed by atoms with Crippen molar-refractivity contribution in [1.82, 2.24) is 15.1 Å². The average molecular weight is 358 g/mol. The van der Waals surface area contributed by atoms with Gasteiger partial charge in [0.25, 0.3) is 11.4 Å². The van der Waals surface area contributed by atoms with Crippen LogP contribution in [0.3, 0.4) is 0 Å². The second kappa shape index (κ2) is 5.71. The second-order valence-corrected chi connectivity index (χ2v) is 5.68. The quantitative estimate of drug-likeness (QED) is 0.570. The molecule has 2 N–H and O–H groups in total. The Morgan fingerprint density at radius 3 is 2.80 bits per heavy atom. The van der Waals surface area contributed by atoms with E-state index in [9.17, 15) is 14.3 Å².